The summed E-state index contributed by atoms with van der Waals surface area (Å²) in [6, 6.07) is 0. The standard InChI is InChI=1S/C11H17N.2C2H6/c1-4-5-6-11-7-8-12(3)9-10(11)2;2*1-2/h4-6H,2,7-9H2,1,3H3;2*1-2H3/b5-4-,11-6-;;. The molecule has 1 heterocycles. The Morgan fingerprint density at radius 1 is 1.19 bits per heavy atom. The Hall–Kier alpha value is -0.820. The van der Waals surface area contributed by atoms with Crippen LogP contribution < -0.4 is 0 Å². The van der Waals surface area contributed by atoms with Crippen LogP contribution in [0.5, 0.6) is 0 Å². The fraction of sp³-hybridized carbons (Fsp3) is 0.600. The average molecular weight is 223 g/mol. The summed E-state index contributed by atoms with van der Waals surface area (Å²) in [5.74, 6) is 0. The third kappa shape index (κ3) is 7.47. The van der Waals surface area contributed by atoms with Gasteiger partial charge >= 0.3 is 0 Å². The topological polar surface area (TPSA) is 3.24 Å². The molecule has 0 atom stereocenters. The van der Waals surface area contributed by atoms with Crippen molar-refractivity contribution in [1.29, 1.82) is 0 Å². The molecule has 0 aromatic heterocycles. The molecule has 1 rings (SSSR count). The van der Waals surface area contributed by atoms with Crippen molar-refractivity contribution in [2.75, 3.05) is 20.1 Å². The number of hydrogen-bond acceptors (Lipinski definition) is 1. The Labute approximate surface area is 103 Å². The van der Waals surface area contributed by atoms with E-state index in [1.54, 1.807) is 0 Å². The van der Waals surface area contributed by atoms with Gasteiger partial charge in [0.25, 0.3) is 0 Å². The summed E-state index contributed by atoms with van der Waals surface area (Å²) in [7, 11) is 2.14. The molecule has 1 saturated heterocycles. The van der Waals surface area contributed by atoms with E-state index in [0.717, 1.165) is 19.5 Å². The largest absolute Gasteiger partial charge is 0.302 e. The molecule has 0 spiro atoms. The molecule has 0 bridgehead atoms. The van der Waals surface area contributed by atoms with Crippen molar-refractivity contribution in [3.05, 3.63) is 36.0 Å². The highest BCUT2D eigenvalue weighted by Crippen LogP contribution is 2.19. The lowest BCUT2D eigenvalue weighted by Crippen LogP contribution is -2.27. The third-order valence-electron chi connectivity index (χ3n) is 2.17. The van der Waals surface area contributed by atoms with Crippen molar-refractivity contribution in [2.24, 2.45) is 0 Å². The van der Waals surface area contributed by atoms with Crippen LogP contribution in [-0.4, -0.2) is 25.0 Å². The second-order valence-electron chi connectivity index (χ2n) is 3.31. The van der Waals surface area contributed by atoms with E-state index in [0.29, 0.717) is 0 Å². The molecule has 1 heteroatoms. The van der Waals surface area contributed by atoms with Crippen LogP contribution in [0.3, 0.4) is 0 Å². The molecule has 0 saturated carbocycles. The molecule has 0 radical (unpaired) electrons. The number of nitrogens with zero attached hydrogens (tertiary/aromatic N) is 1. The maximum Gasteiger partial charge on any atom is 0.0227 e. The van der Waals surface area contributed by atoms with E-state index in [1.807, 2.05) is 34.6 Å². The predicted octanol–water partition coefficient (Wildman–Crippen LogP) is 4.43. The molecule has 0 aromatic carbocycles. The van der Waals surface area contributed by atoms with Crippen LogP contribution in [0.4, 0.5) is 0 Å². The molecule has 0 amide bonds. The highest BCUT2D eigenvalue weighted by Gasteiger charge is 2.12. The quantitative estimate of drug-likeness (QED) is 0.635. The van der Waals surface area contributed by atoms with E-state index in [9.17, 15) is 0 Å². The fourth-order valence-corrected chi connectivity index (χ4v) is 1.41. The van der Waals surface area contributed by atoms with Crippen molar-refractivity contribution in [3.8, 4) is 0 Å². The summed E-state index contributed by atoms with van der Waals surface area (Å²) in [5, 5.41) is 0. The Kier molecular flexibility index (Phi) is 13.5. The van der Waals surface area contributed by atoms with E-state index in [4.69, 9.17) is 0 Å². The number of likely N-dealkylation sites (tertiary alicyclic amines) is 1. The van der Waals surface area contributed by atoms with E-state index >= 15 is 0 Å². The average Bonchev–Trinajstić information content (AvgIpc) is 2.33. The molecule has 0 unspecified atom stereocenters. The van der Waals surface area contributed by atoms with Crippen LogP contribution in [0.1, 0.15) is 41.0 Å². The zero-order valence-corrected chi connectivity index (χ0v) is 12.0. The van der Waals surface area contributed by atoms with Crippen LogP contribution in [0.2, 0.25) is 0 Å². The molecular weight excluding hydrogens is 194 g/mol. The molecule has 1 aliphatic rings. The SMILES string of the molecule is C=C1CN(C)CC/C1=C/C=C\C.CC.CC. The normalized spacial score (nSPS) is 18.9. The number of piperidine rings is 1. The lowest BCUT2D eigenvalue weighted by Gasteiger charge is -2.25. The van der Waals surface area contributed by atoms with Gasteiger partial charge in [-0.2, -0.15) is 0 Å². The van der Waals surface area contributed by atoms with Gasteiger partial charge < -0.3 is 4.90 Å². The minimum atomic E-state index is 1.02. The second kappa shape index (κ2) is 12.3. The van der Waals surface area contributed by atoms with Crippen molar-refractivity contribution >= 4 is 0 Å². The highest BCUT2D eigenvalue weighted by atomic mass is 15.1. The molecule has 1 fully saturated rings. The van der Waals surface area contributed by atoms with Gasteiger partial charge in [-0.25, -0.2) is 0 Å². The number of likely N-dealkylation sites (N-methyl/N-ethyl adjacent to an activating group) is 1. The molecule has 94 valence electrons. The first kappa shape index (κ1) is 17.6. The van der Waals surface area contributed by atoms with Gasteiger partial charge in [-0.15, -0.1) is 0 Å². The Morgan fingerprint density at radius 3 is 2.19 bits per heavy atom. The van der Waals surface area contributed by atoms with Gasteiger partial charge in [-0.1, -0.05) is 52.5 Å². The lowest BCUT2D eigenvalue weighted by atomic mass is 9.99. The van der Waals surface area contributed by atoms with Crippen LogP contribution in [0.15, 0.2) is 36.0 Å². The Morgan fingerprint density at radius 2 is 1.75 bits per heavy atom. The number of rotatable bonds is 1. The summed E-state index contributed by atoms with van der Waals surface area (Å²) in [6.45, 7) is 16.3. The third-order valence-corrected chi connectivity index (χ3v) is 2.17. The van der Waals surface area contributed by atoms with Crippen molar-refractivity contribution in [1.82, 2.24) is 4.90 Å². The molecular formula is C15H29N. The minimum Gasteiger partial charge on any atom is -0.302 e. The zero-order valence-electron chi connectivity index (χ0n) is 12.0. The van der Waals surface area contributed by atoms with Crippen LogP contribution in [0, 0.1) is 0 Å². The molecule has 1 aliphatic heterocycles. The Bertz CT molecular complexity index is 224. The predicted molar refractivity (Wildman–Crippen MR) is 76.8 cm³/mol. The van der Waals surface area contributed by atoms with Gasteiger partial charge in [0, 0.05) is 13.1 Å². The highest BCUT2D eigenvalue weighted by molar-refractivity contribution is 5.34. The summed E-state index contributed by atoms with van der Waals surface area (Å²) in [6.07, 6.45) is 7.46. The van der Waals surface area contributed by atoms with E-state index in [2.05, 4.69) is 36.8 Å². The monoisotopic (exact) mass is 223 g/mol. The van der Waals surface area contributed by atoms with E-state index < -0.39 is 0 Å². The summed E-state index contributed by atoms with van der Waals surface area (Å²) >= 11 is 0. The van der Waals surface area contributed by atoms with Gasteiger partial charge in [-0.05, 0) is 31.5 Å². The fourth-order valence-electron chi connectivity index (χ4n) is 1.41. The molecule has 0 N–H and O–H groups in total. The smallest absolute Gasteiger partial charge is 0.0227 e. The molecule has 1 nitrogen and oxygen atoms in total. The van der Waals surface area contributed by atoms with E-state index in [1.165, 1.54) is 11.1 Å². The first-order valence-corrected chi connectivity index (χ1v) is 6.42. The summed E-state index contributed by atoms with van der Waals surface area (Å²) in [5.41, 5.74) is 2.67. The first-order chi connectivity index (χ1) is 7.74. The van der Waals surface area contributed by atoms with Crippen LogP contribution in [-0.2, 0) is 0 Å². The maximum atomic E-state index is 4.06. The van der Waals surface area contributed by atoms with Gasteiger partial charge in [0.15, 0.2) is 0 Å². The number of hydrogen-bond donors (Lipinski definition) is 0. The minimum absolute atomic E-state index is 1.02. The lowest BCUT2D eigenvalue weighted by molar-refractivity contribution is 0.348. The zero-order chi connectivity index (χ0) is 13.0. The van der Waals surface area contributed by atoms with Gasteiger partial charge in [-0.3, -0.25) is 0 Å². The van der Waals surface area contributed by atoms with Crippen molar-refractivity contribution in [2.45, 2.75) is 41.0 Å². The van der Waals surface area contributed by atoms with Crippen LogP contribution in [0.25, 0.3) is 0 Å². The molecule has 0 aromatic rings. The van der Waals surface area contributed by atoms with Crippen molar-refractivity contribution < 1.29 is 0 Å². The number of allylic oxidation sites excluding steroid dienone is 3. The van der Waals surface area contributed by atoms with Gasteiger partial charge in [0.05, 0.1) is 0 Å². The molecule has 0 aliphatic carbocycles. The van der Waals surface area contributed by atoms with Crippen LogP contribution >= 0.6 is 0 Å². The Balaban J connectivity index is 0. The summed E-state index contributed by atoms with van der Waals surface area (Å²) in [4.78, 5) is 2.30. The van der Waals surface area contributed by atoms with Crippen molar-refractivity contribution in [3.63, 3.8) is 0 Å². The second-order valence-corrected chi connectivity index (χ2v) is 3.31. The summed E-state index contributed by atoms with van der Waals surface area (Å²) < 4.78 is 0. The molecule has 16 heavy (non-hydrogen) atoms. The van der Waals surface area contributed by atoms with Gasteiger partial charge in [0.1, 0.15) is 0 Å². The maximum absolute atomic E-state index is 4.06. The van der Waals surface area contributed by atoms with Gasteiger partial charge in [0.2, 0.25) is 0 Å². The van der Waals surface area contributed by atoms with E-state index in [-0.39, 0.29) is 0 Å². The first-order valence-electron chi connectivity index (χ1n) is 6.42.